The van der Waals surface area contributed by atoms with E-state index in [4.69, 9.17) is 0 Å². The highest BCUT2D eigenvalue weighted by Crippen LogP contribution is 2.53. The number of fused-ring (bicyclic) bond motifs is 3. The van der Waals surface area contributed by atoms with Gasteiger partial charge in [-0.2, -0.15) is 0 Å². The SMILES string of the molecule is Cc1c(I)ccc2c1-c1ccccc1C2(C)c1ccccc1. The maximum absolute atomic E-state index is 2.44. The Bertz CT molecular complexity index is 864. The molecule has 0 spiro atoms. The second kappa shape index (κ2) is 4.95. The van der Waals surface area contributed by atoms with Gasteiger partial charge in [-0.25, -0.2) is 0 Å². The van der Waals surface area contributed by atoms with E-state index < -0.39 is 0 Å². The molecule has 22 heavy (non-hydrogen) atoms. The van der Waals surface area contributed by atoms with Gasteiger partial charge in [0.25, 0.3) is 0 Å². The van der Waals surface area contributed by atoms with Crippen molar-refractivity contribution in [2.45, 2.75) is 19.3 Å². The van der Waals surface area contributed by atoms with Gasteiger partial charge in [-0.15, -0.1) is 0 Å². The van der Waals surface area contributed by atoms with Gasteiger partial charge in [0.15, 0.2) is 0 Å². The van der Waals surface area contributed by atoms with E-state index in [9.17, 15) is 0 Å². The Kier molecular flexibility index (Phi) is 3.15. The number of halogens is 1. The van der Waals surface area contributed by atoms with Crippen LogP contribution in [-0.4, -0.2) is 0 Å². The standard InChI is InChI=1S/C21H17I/c1-14-19(22)13-12-18-20(14)16-10-6-7-11-17(16)21(18,2)15-8-4-3-5-9-15/h3-13H,1-2H3. The largest absolute Gasteiger partial charge is 0.0622 e. The highest BCUT2D eigenvalue weighted by Gasteiger charge is 2.41. The van der Waals surface area contributed by atoms with Crippen molar-refractivity contribution < 1.29 is 0 Å². The third-order valence-corrected chi connectivity index (χ3v) is 6.19. The molecule has 1 unspecified atom stereocenters. The predicted octanol–water partition coefficient (Wildman–Crippen LogP) is 5.93. The number of rotatable bonds is 1. The minimum Gasteiger partial charge on any atom is -0.0622 e. The second-order valence-electron chi connectivity index (χ2n) is 6.13. The fraction of sp³-hybridized carbons (Fsp3) is 0.143. The van der Waals surface area contributed by atoms with Crippen LogP contribution >= 0.6 is 22.6 Å². The number of benzene rings is 3. The first-order valence-corrected chi connectivity index (χ1v) is 8.67. The zero-order valence-corrected chi connectivity index (χ0v) is 14.9. The molecule has 108 valence electrons. The second-order valence-corrected chi connectivity index (χ2v) is 7.29. The summed E-state index contributed by atoms with van der Waals surface area (Å²) in [6.07, 6.45) is 0. The molecule has 0 saturated carbocycles. The van der Waals surface area contributed by atoms with Gasteiger partial charge in [-0.05, 0) is 75.9 Å². The topological polar surface area (TPSA) is 0 Å². The van der Waals surface area contributed by atoms with Crippen LogP contribution in [0.4, 0.5) is 0 Å². The molecule has 0 saturated heterocycles. The summed E-state index contributed by atoms with van der Waals surface area (Å²) in [7, 11) is 0. The van der Waals surface area contributed by atoms with Gasteiger partial charge >= 0.3 is 0 Å². The molecular weight excluding hydrogens is 379 g/mol. The first-order valence-electron chi connectivity index (χ1n) is 7.59. The van der Waals surface area contributed by atoms with E-state index in [-0.39, 0.29) is 5.41 Å². The van der Waals surface area contributed by atoms with E-state index in [2.05, 4.69) is 103 Å². The van der Waals surface area contributed by atoms with Gasteiger partial charge < -0.3 is 0 Å². The fourth-order valence-electron chi connectivity index (χ4n) is 3.81. The summed E-state index contributed by atoms with van der Waals surface area (Å²) in [5, 5.41) is 0. The van der Waals surface area contributed by atoms with Crippen molar-refractivity contribution in [2.24, 2.45) is 0 Å². The van der Waals surface area contributed by atoms with E-state index in [1.165, 1.54) is 37.0 Å². The summed E-state index contributed by atoms with van der Waals surface area (Å²) in [4.78, 5) is 0. The fourth-order valence-corrected chi connectivity index (χ4v) is 4.26. The third-order valence-electron chi connectivity index (χ3n) is 5.02. The van der Waals surface area contributed by atoms with Crippen LogP contribution in [0.15, 0.2) is 66.7 Å². The van der Waals surface area contributed by atoms with Crippen LogP contribution < -0.4 is 0 Å². The molecule has 0 radical (unpaired) electrons. The molecule has 1 aliphatic rings. The number of hydrogen-bond acceptors (Lipinski definition) is 0. The molecule has 0 fully saturated rings. The van der Waals surface area contributed by atoms with E-state index in [0.717, 1.165) is 0 Å². The van der Waals surface area contributed by atoms with Crippen LogP contribution in [-0.2, 0) is 5.41 Å². The molecule has 0 bridgehead atoms. The first kappa shape index (κ1) is 14.0. The van der Waals surface area contributed by atoms with Crippen molar-refractivity contribution in [3.05, 3.63) is 92.6 Å². The van der Waals surface area contributed by atoms with E-state index >= 15 is 0 Å². The van der Waals surface area contributed by atoms with Gasteiger partial charge in [0.2, 0.25) is 0 Å². The summed E-state index contributed by atoms with van der Waals surface area (Å²) in [5.41, 5.74) is 8.35. The van der Waals surface area contributed by atoms with Gasteiger partial charge in [0, 0.05) is 8.99 Å². The molecule has 0 nitrogen and oxygen atoms in total. The van der Waals surface area contributed by atoms with E-state index in [1.54, 1.807) is 0 Å². The van der Waals surface area contributed by atoms with Crippen LogP contribution in [0.25, 0.3) is 11.1 Å². The lowest BCUT2D eigenvalue weighted by Crippen LogP contribution is -2.22. The van der Waals surface area contributed by atoms with Crippen LogP contribution in [0, 0.1) is 10.5 Å². The average Bonchev–Trinajstić information content (AvgIpc) is 2.83. The summed E-state index contributed by atoms with van der Waals surface area (Å²) in [5.74, 6) is 0. The maximum atomic E-state index is 2.44. The van der Waals surface area contributed by atoms with Crippen molar-refractivity contribution >= 4 is 22.6 Å². The summed E-state index contributed by atoms with van der Waals surface area (Å²) >= 11 is 2.44. The molecule has 3 aromatic rings. The quantitative estimate of drug-likeness (QED) is 0.447. The number of hydrogen-bond donors (Lipinski definition) is 0. The monoisotopic (exact) mass is 396 g/mol. The maximum Gasteiger partial charge on any atom is 0.0435 e. The Morgan fingerprint density at radius 2 is 1.45 bits per heavy atom. The molecule has 1 heteroatoms. The zero-order valence-electron chi connectivity index (χ0n) is 12.7. The molecule has 0 N–H and O–H groups in total. The lowest BCUT2D eigenvalue weighted by molar-refractivity contribution is 0.713. The molecule has 3 aromatic carbocycles. The van der Waals surface area contributed by atoms with Crippen LogP contribution in [0.1, 0.15) is 29.2 Å². The molecule has 1 aliphatic carbocycles. The Morgan fingerprint density at radius 3 is 2.23 bits per heavy atom. The van der Waals surface area contributed by atoms with Crippen molar-refractivity contribution in [1.29, 1.82) is 0 Å². The van der Waals surface area contributed by atoms with Gasteiger partial charge in [0.05, 0.1) is 0 Å². The molecule has 0 aromatic heterocycles. The Balaban J connectivity index is 2.13. The lowest BCUT2D eigenvalue weighted by atomic mass is 9.74. The minimum atomic E-state index is -0.0672. The van der Waals surface area contributed by atoms with Crippen LogP contribution in [0.5, 0.6) is 0 Å². The van der Waals surface area contributed by atoms with E-state index in [0.29, 0.717) is 0 Å². The predicted molar refractivity (Wildman–Crippen MR) is 101 cm³/mol. The van der Waals surface area contributed by atoms with Gasteiger partial charge in [0.1, 0.15) is 0 Å². The summed E-state index contributed by atoms with van der Waals surface area (Å²) in [6.45, 7) is 4.60. The zero-order chi connectivity index (χ0) is 15.3. The van der Waals surface area contributed by atoms with E-state index in [1.807, 2.05) is 0 Å². The Labute approximate surface area is 145 Å². The van der Waals surface area contributed by atoms with Crippen molar-refractivity contribution in [1.82, 2.24) is 0 Å². The first-order chi connectivity index (χ1) is 10.6. The summed E-state index contributed by atoms with van der Waals surface area (Å²) in [6, 6.07) is 24.3. The Morgan fingerprint density at radius 1 is 0.773 bits per heavy atom. The molecule has 0 heterocycles. The average molecular weight is 396 g/mol. The van der Waals surface area contributed by atoms with Crippen molar-refractivity contribution in [3.63, 3.8) is 0 Å². The van der Waals surface area contributed by atoms with Crippen LogP contribution in [0.2, 0.25) is 0 Å². The van der Waals surface area contributed by atoms with Crippen molar-refractivity contribution in [3.8, 4) is 11.1 Å². The molecule has 4 rings (SSSR count). The van der Waals surface area contributed by atoms with Gasteiger partial charge in [-0.1, -0.05) is 60.7 Å². The Hall–Kier alpha value is -1.61. The third kappa shape index (κ3) is 1.75. The van der Waals surface area contributed by atoms with Crippen molar-refractivity contribution in [2.75, 3.05) is 0 Å². The smallest absolute Gasteiger partial charge is 0.0435 e. The highest BCUT2D eigenvalue weighted by atomic mass is 127. The molecule has 1 atom stereocenters. The summed E-state index contributed by atoms with van der Waals surface area (Å²) < 4.78 is 1.34. The van der Waals surface area contributed by atoms with Crippen LogP contribution in [0.3, 0.4) is 0 Å². The normalized spacial score (nSPS) is 18.9. The molecular formula is C21H17I. The minimum absolute atomic E-state index is 0.0672. The highest BCUT2D eigenvalue weighted by molar-refractivity contribution is 14.1. The molecule has 0 aliphatic heterocycles. The molecule has 0 amide bonds. The van der Waals surface area contributed by atoms with Gasteiger partial charge in [-0.3, -0.25) is 0 Å². The lowest BCUT2D eigenvalue weighted by Gasteiger charge is -2.28.